The predicted molar refractivity (Wildman–Crippen MR) is 161 cm³/mol. The summed E-state index contributed by atoms with van der Waals surface area (Å²) in [5.41, 5.74) is 8.78. The molecule has 1 aromatic heterocycles. The molecule has 0 fully saturated rings. The van der Waals surface area contributed by atoms with Gasteiger partial charge in [0.15, 0.2) is 0 Å². The molecule has 0 N–H and O–H groups in total. The molecule has 1 nitrogen and oxygen atoms in total. The van der Waals surface area contributed by atoms with Gasteiger partial charge in [-0.25, -0.2) is 0 Å². The Morgan fingerprint density at radius 1 is 0.568 bits per heavy atom. The topological polar surface area (TPSA) is 4.93 Å². The highest BCUT2D eigenvalue weighted by Crippen LogP contribution is 2.44. The van der Waals surface area contributed by atoms with Gasteiger partial charge in [-0.2, -0.15) is 0 Å². The van der Waals surface area contributed by atoms with E-state index in [1.54, 1.807) is 0 Å². The van der Waals surface area contributed by atoms with Crippen molar-refractivity contribution < 1.29 is 0 Å². The van der Waals surface area contributed by atoms with Crippen LogP contribution in [0.4, 0.5) is 0 Å². The first-order valence-corrected chi connectivity index (χ1v) is 12.9. The lowest BCUT2D eigenvalue weighted by atomic mass is 9.93. The fourth-order valence-electron chi connectivity index (χ4n) is 5.92. The third-order valence-corrected chi connectivity index (χ3v) is 7.67. The Morgan fingerprint density at radius 3 is 1.84 bits per heavy atom. The Bertz CT molecular complexity index is 1970. The number of benzene rings is 6. The molecule has 0 atom stereocenters. The van der Waals surface area contributed by atoms with Gasteiger partial charge in [0.2, 0.25) is 0 Å². The van der Waals surface area contributed by atoms with Crippen LogP contribution in [0.15, 0.2) is 121 Å². The van der Waals surface area contributed by atoms with Crippen molar-refractivity contribution in [1.29, 1.82) is 0 Å². The third-order valence-electron chi connectivity index (χ3n) is 7.67. The van der Waals surface area contributed by atoms with Crippen LogP contribution in [0.25, 0.3) is 60.7 Å². The molecular formula is C36H27N. The van der Waals surface area contributed by atoms with E-state index >= 15 is 0 Å². The number of fused-ring (bicyclic) bond motifs is 8. The number of nitrogens with zero attached hydrogens (tertiary/aromatic N) is 1. The molecule has 0 amide bonds. The Kier molecular flexibility index (Phi) is 4.97. The molecule has 0 aliphatic rings. The first-order chi connectivity index (χ1) is 18.2. The first-order valence-electron chi connectivity index (χ1n) is 12.9. The summed E-state index contributed by atoms with van der Waals surface area (Å²) in [5, 5.41) is 7.81. The maximum Gasteiger partial charge on any atom is 0.0626 e. The highest BCUT2D eigenvalue weighted by molar-refractivity contribution is 6.33. The molecule has 0 aliphatic heterocycles. The summed E-state index contributed by atoms with van der Waals surface area (Å²) >= 11 is 0. The fourth-order valence-corrected chi connectivity index (χ4v) is 5.92. The highest BCUT2D eigenvalue weighted by atomic mass is 15.0. The average Bonchev–Trinajstić information content (AvgIpc) is 3.31. The second-order valence-electron chi connectivity index (χ2n) is 9.87. The number of hydrogen-bond donors (Lipinski definition) is 0. The number of rotatable bonds is 3. The van der Waals surface area contributed by atoms with E-state index in [-0.39, 0.29) is 0 Å². The summed E-state index contributed by atoms with van der Waals surface area (Å²) in [6.45, 7) is 4.45. The van der Waals surface area contributed by atoms with Crippen molar-refractivity contribution in [3.05, 3.63) is 138 Å². The van der Waals surface area contributed by atoms with E-state index in [0.717, 1.165) is 0 Å². The van der Waals surface area contributed by atoms with Crippen molar-refractivity contribution >= 4 is 55.0 Å². The van der Waals surface area contributed by atoms with Gasteiger partial charge in [-0.05, 0) is 70.5 Å². The molecule has 0 saturated heterocycles. The summed E-state index contributed by atoms with van der Waals surface area (Å²) in [6.07, 6.45) is 2.38. The molecule has 6 aromatic carbocycles. The molecule has 0 saturated carbocycles. The maximum atomic E-state index is 2.47. The highest BCUT2D eigenvalue weighted by Gasteiger charge is 2.21. The van der Waals surface area contributed by atoms with Gasteiger partial charge >= 0.3 is 0 Å². The lowest BCUT2D eigenvalue weighted by Crippen LogP contribution is -1.94. The maximum absolute atomic E-state index is 2.47. The Hall–Kier alpha value is -4.62. The number of allylic oxidation sites excluding steroid dienone is 1. The SMILES string of the molecule is C/C(=C\c1c(C)ccc2c1c1c3ccccc3c3ccccc3c1n2-c1ccccc1)c1ccccc1. The molecule has 7 rings (SSSR count). The van der Waals surface area contributed by atoms with Crippen LogP contribution in [-0.2, 0) is 0 Å². The van der Waals surface area contributed by atoms with Crippen molar-refractivity contribution in [2.75, 3.05) is 0 Å². The van der Waals surface area contributed by atoms with E-state index in [1.165, 1.54) is 71.3 Å². The zero-order valence-corrected chi connectivity index (χ0v) is 21.1. The van der Waals surface area contributed by atoms with Gasteiger partial charge in [-0.1, -0.05) is 109 Å². The fraction of sp³-hybridized carbons (Fsp3) is 0.0556. The van der Waals surface area contributed by atoms with Crippen LogP contribution in [0.2, 0.25) is 0 Å². The molecular weight excluding hydrogens is 446 g/mol. The van der Waals surface area contributed by atoms with Crippen LogP contribution in [0.5, 0.6) is 0 Å². The van der Waals surface area contributed by atoms with Crippen LogP contribution in [-0.4, -0.2) is 4.57 Å². The van der Waals surface area contributed by atoms with E-state index in [9.17, 15) is 0 Å². The van der Waals surface area contributed by atoms with Gasteiger partial charge in [0, 0.05) is 21.8 Å². The number of aryl methyl sites for hydroxylation is 1. The largest absolute Gasteiger partial charge is 0.309 e. The Balaban J connectivity index is 1.75. The minimum atomic E-state index is 1.18. The summed E-state index contributed by atoms with van der Waals surface area (Å²) in [7, 11) is 0. The van der Waals surface area contributed by atoms with Crippen molar-refractivity contribution in [1.82, 2.24) is 4.57 Å². The van der Waals surface area contributed by atoms with Gasteiger partial charge in [0.1, 0.15) is 0 Å². The number of para-hydroxylation sites is 1. The van der Waals surface area contributed by atoms with Gasteiger partial charge in [0.25, 0.3) is 0 Å². The minimum absolute atomic E-state index is 1.18. The first kappa shape index (κ1) is 21.6. The normalized spacial score (nSPS) is 12.2. The quantitative estimate of drug-likeness (QED) is 0.178. The zero-order valence-electron chi connectivity index (χ0n) is 21.1. The van der Waals surface area contributed by atoms with Crippen LogP contribution in [0.3, 0.4) is 0 Å². The zero-order chi connectivity index (χ0) is 24.9. The van der Waals surface area contributed by atoms with Crippen LogP contribution in [0, 0.1) is 6.92 Å². The second-order valence-corrected chi connectivity index (χ2v) is 9.87. The van der Waals surface area contributed by atoms with E-state index in [4.69, 9.17) is 0 Å². The lowest BCUT2D eigenvalue weighted by Gasteiger charge is -2.12. The number of aromatic nitrogens is 1. The summed E-state index contributed by atoms with van der Waals surface area (Å²) < 4.78 is 2.47. The monoisotopic (exact) mass is 473 g/mol. The van der Waals surface area contributed by atoms with Crippen molar-refractivity contribution in [3.63, 3.8) is 0 Å². The third kappa shape index (κ3) is 3.32. The Labute approximate surface area is 216 Å². The molecule has 0 bridgehead atoms. The van der Waals surface area contributed by atoms with Gasteiger partial charge in [-0.3, -0.25) is 0 Å². The van der Waals surface area contributed by atoms with E-state index < -0.39 is 0 Å². The molecule has 0 aliphatic carbocycles. The molecule has 1 heteroatoms. The predicted octanol–water partition coefficient (Wildman–Crippen LogP) is 9.96. The van der Waals surface area contributed by atoms with Crippen LogP contribution >= 0.6 is 0 Å². The smallest absolute Gasteiger partial charge is 0.0626 e. The van der Waals surface area contributed by atoms with E-state index in [0.29, 0.717) is 0 Å². The standard InChI is InChI=1S/C36H27N/c1-24-21-22-33-34(32(24)23-25(2)26-13-5-3-6-14-26)35-30-19-11-9-17-28(30)29-18-10-12-20-31(29)36(35)37(33)27-15-7-4-8-16-27/h3-23H,1-2H3/b25-23+. The van der Waals surface area contributed by atoms with E-state index in [2.05, 4.69) is 146 Å². The van der Waals surface area contributed by atoms with Crippen molar-refractivity contribution in [2.45, 2.75) is 13.8 Å². The van der Waals surface area contributed by atoms with Gasteiger partial charge in [0.05, 0.1) is 11.0 Å². The van der Waals surface area contributed by atoms with Crippen molar-refractivity contribution in [2.24, 2.45) is 0 Å². The lowest BCUT2D eigenvalue weighted by molar-refractivity contribution is 1.18. The molecule has 0 spiro atoms. The molecule has 0 radical (unpaired) electrons. The molecule has 0 unspecified atom stereocenters. The number of hydrogen-bond acceptors (Lipinski definition) is 0. The van der Waals surface area contributed by atoms with Gasteiger partial charge in [-0.15, -0.1) is 0 Å². The molecule has 37 heavy (non-hydrogen) atoms. The van der Waals surface area contributed by atoms with Crippen LogP contribution in [0.1, 0.15) is 23.6 Å². The summed E-state index contributed by atoms with van der Waals surface area (Å²) in [4.78, 5) is 0. The summed E-state index contributed by atoms with van der Waals surface area (Å²) in [5.74, 6) is 0. The Morgan fingerprint density at radius 2 is 1.14 bits per heavy atom. The molecule has 1 heterocycles. The minimum Gasteiger partial charge on any atom is -0.309 e. The average molecular weight is 474 g/mol. The van der Waals surface area contributed by atoms with E-state index in [1.807, 2.05) is 0 Å². The molecule has 176 valence electrons. The molecule has 7 aromatic rings. The van der Waals surface area contributed by atoms with Gasteiger partial charge < -0.3 is 4.57 Å². The van der Waals surface area contributed by atoms with Crippen LogP contribution < -0.4 is 0 Å². The van der Waals surface area contributed by atoms with Crippen molar-refractivity contribution in [3.8, 4) is 5.69 Å². The second kappa shape index (κ2) is 8.50. The summed E-state index contributed by atoms with van der Waals surface area (Å²) in [6, 6.07) is 43.8.